The Labute approximate surface area is 196 Å². The van der Waals surface area contributed by atoms with Crippen molar-refractivity contribution in [2.75, 3.05) is 50.9 Å². The minimum absolute atomic E-state index is 0. The van der Waals surface area contributed by atoms with Crippen molar-refractivity contribution < 1.29 is 9.59 Å². The highest BCUT2D eigenvalue weighted by atomic mass is 35.5. The van der Waals surface area contributed by atoms with E-state index < -0.39 is 0 Å². The van der Waals surface area contributed by atoms with Crippen LogP contribution >= 0.6 is 24.8 Å². The third-order valence-corrected chi connectivity index (χ3v) is 5.12. The number of hydrogen-bond acceptors (Lipinski definition) is 6. The molecule has 0 aromatic heterocycles. The number of carbonyl (C=O) groups excluding carboxylic acids is 2. The van der Waals surface area contributed by atoms with Crippen LogP contribution in [0.25, 0.3) is 0 Å². The lowest BCUT2D eigenvalue weighted by atomic mass is 9.82. The Kier molecular flexibility index (Phi) is 11.0. The van der Waals surface area contributed by atoms with Crippen molar-refractivity contribution in [1.82, 2.24) is 4.90 Å². The summed E-state index contributed by atoms with van der Waals surface area (Å²) in [5, 5.41) is 6.71. The summed E-state index contributed by atoms with van der Waals surface area (Å²) >= 11 is 0. The Hall–Kier alpha value is -2.12. The maximum Gasteiger partial charge on any atom is 0.196 e. The first kappa shape index (κ1) is 26.9. The molecular formula is C23H32Cl2N4O2. The minimum atomic E-state index is -0.103. The van der Waals surface area contributed by atoms with E-state index in [9.17, 15) is 9.59 Å². The van der Waals surface area contributed by atoms with Gasteiger partial charge < -0.3 is 21.3 Å². The molecule has 1 aliphatic rings. The van der Waals surface area contributed by atoms with Gasteiger partial charge in [-0.3, -0.25) is 9.59 Å². The molecule has 0 bridgehead atoms. The highest BCUT2D eigenvalue weighted by molar-refractivity contribution is 6.31. The standard InChI is InChI=1S/C23H30N4O2.2ClH/c1-27(2)15-7-14-26-19-11-10-18(25-13-6-5-12-24)20-21(19)23(29)17-9-4-3-8-16(17)22(20)28;;/h3-4,8-11,25-26H,5-7,12-15,24H2,1-2H3;2*1H. The molecule has 0 aliphatic heterocycles. The molecule has 0 saturated heterocycles. The Morgan fingerprint density at radius 2 is 1.26 bits per heavy atom. The van der Waals surface area contributed by atoms with Gasteiger partial charge in [-0.25, -0.2) is 0 Å². The van der Waals surface area contributed by atoms with Gasteiger partial charge in [0.2, 0.25) is 0 Å². The highest BCUT2D eigenvalue weighted by Crippen LogP contribution is 2.36. The first-order chi connectivity index (χ1) is 14.0. The van der Waals surface area contributed by atoms with Gasteiger partial charge in [0.15, 0.2) is 11.6 Å². The second kappa shape index (κ2) is 12.7. The molecule has 170 valence electrons. The van der Waals surface area contributed by atoms with E-state index in [1.54, 1.807) is 24.3 Å². The molecule has 0 heterocycles. The molecule has 6 nitrogen and oxygen atoms in total. The molecule has 0 atom stereocenters. The van der Waals surface area contributed by atoms with E-state index in [0.717, 1.165) is 38.0 Å². The molecule has 0 unspecified atom stereocenters. The Balaban J connectivity index is 0.00000240. The number of carbonyl (C=O) groups is 2. The summed E-state index contributed by atoms with van der Waals surface area (Å²) in [6.45, 7) is 3.03. The fraction of sp³-hybridized carbons (Fsp3) is 0.391. The molecule has 1 aliphatic carbocycles. The quantitative estimate of drug-likeness (QED) is 0.393. The Morgan fingerprint density at radius 3 is 1.71 bits per heavy atom. The van der Waals surface area contributed by atoms with Crippen LogP contribution in [0.5, 0.6) is 0 Å². The van der Waals surface area contributed by atoms with Crippen molar-refractivity contribution in [3.8, 4) is 0 Å². The number of rotatable bonds is 10. The SMILES string of the molecule is CN(C)CCCNc1ccc(NCCCCN)c2c1C(=O)c1ccccc1C2=O.Cl.Cl. The summed E-state index contributed by atoms with van der Waals surface area (Å²) in [5.41, 5.74) is 8.90. The average molecular weight is 467 g/mol. The summed E-state index contributed by atoms with van der Waals surface area (Å²) in [7, 11) is 4.07. The Morgan fingerprint density at radius 1 is 0.774 bits per heavy atom. The summed E-state index contributed by atoms with van der Waals surface area (Å²) in [5.74, 6) is -0.204. The first-order valence-electron chi connectivity index (χ1n) is 10.2. The normalized spacial score (nSPS) is 11.9. The lowest BCUT2D eigenvalue weighted by Crippen LogP contribution is -2.25. The molecule has 0 saturated carbocycles. The number of nitrogens with one attached hydrogen (secondary N) is 2. The number of benzene rings is 2. The van der Waals surface area contributed by atoms with Gasteiger partial charge in [0, 0.05) is 35.6 Å². The molecule has 0 spiro atoms. The van der Waals surface area contributed by atoms with Crippen LogP contribution in [-0.2, 0) is 0 Å². The molecule has 3 rings (SSSR count). The van der Waals surface area contributed by atoms with Gasteiger partial charge >= 0.3 is 0 Å². The van der Waals surface area contributed by atoms with Crippen LogP contribution in [0.15, 0.2) is 36.4 Å². The van der Waals surface area contributed by atoms with Gasteiger partial charge in [-0.05, 0) is 58.6 Å². The second-order valence-corrected chi connectivity index (χ2v) is 7.62. The number of nitrogens with two attached hydrogens (primary N) is 1. The summed E-state index contributed by atoms with van der Waals surface area (Å²) in [4.78, 5) is 28.7. The van der Waals surface area contributed by atoms with E-state index in [2.05, 4.69) is 15.5 Å². The fourth-order valence-electron chi connectivity index (χ4n) is 3.63. The molecular weight excluding hydrogens is 435 g/mol. The molecule has 2 aromatic rings. The molecule has 0 fully saturated rings. The van der Waals surface area contributed by atoms with Gasteiger partial charge in [-0.1, -0.05) is 24.3 Å². The van der Waals surface area contributed by atoms with E-state index in [1.807, 2.05) is 26.2 Å². The van der Waals surface area contributed by atoms with Crippen LogP contribution in [-0.4, -0.2) is 56.7 Å². The van der Waals surface area contributed by atoms with Crippen molar-refractivity contribution in [3.63, 3.8) is 0 Å². The van der Waals surface area contributed by atoms with Crippen LogP contribution in [0.4, 0.5) is 11.4 Å². The van der Waals surface area contributed by atoms with Crippen molar-refractivity contribution in [2.24, 2.45) is 5.73 Å². The maximum atomic E-state index is 13.3. The largest absolute Gasteiger partial charge is 0.384 e. The number of halogens is 2. The van der Waals surface area contributed by atoms with Gasteiger partial charge in [0.1, 0.15) is 0 Å². The van der Waals surface area contributed by atoms with E-state index in [0.29, 0.717) is 41.0 Å². The van der Waals surface area contributed by atoms with Crippen molar-refractivity contribution >= 4 is 47.8 Å². The zero-order valence-corrected chi connectivity index (χ0v) is 19.7. The predicted octanol–water partition coefficient (Wildman–Crippen LogP) is 3.82. The third kappa shape index (κ3) is 6.20. The van der Waals surface area contributed by atoms with Crippen LogP contribution in [0, 0.1) is 0 Å². The topological polar surface area (TPSA) is 87.5 Å². The zero-order chi connectivity index (χ0) is 20.8. The van der Waals surface area contributed by atoms with E-state index in [4.69, 9.17) is 5.73 Å². The van der Waals surface area contributed by atoms with E-state index >= 15 is 0 Å². The molecule has 8 heteroatoms. The number of ketones is 2. The minimum Gasteiger partial charge on any atom is -0.384 e. The molecule has 2 aromatic carbocycles. The predicted molar refractivity (Wildman–Crippen MR) is 133 cm³/mol. The van der Waals surface area contributed by atoms with Crippen LogP contribution in [0.1, 0.15) is 51.1 Å². The number of unbranched alkanes of at least 4 members (excludes halogenated alkanes) is 1. The summed E-state index contributed by atoms with van der Waals surface area (Å²) in [6.07, 6.45) is 2.77. The monoisotopic (exact) mass is 466 g/mol. The van der Waals surface area contributed by atoms with Gasteiger partial charge in [-0.2, -0.15) is 0 Å². The summed E-state index contributed by atoms with van der Waals surface area (Å²) in [6, 6.07) is 10.9. The zero-order valence-electron chi connectivity index (χ0n) is 18.1. The lowest BCUT2D eigenvalue weighted by Gasteiger charge is -2.24. The first-order valence-corrected chi connectivity index (χ1v) is 10.2. The maximum absolute atomic E-state index is 13.3. The van der Waals surface area contributed by atoms with Crippen molar-refractivity contribution in [2.45, 2.75) is 19.3 Å². The van der Waals surface area contributed by atoms with Gasteiger partial charge in [-0.15, -0.1) is 24.8 Å². The van der Waals surface area contributed by atoms with Crippen molar-refractivity contribution in [1.29, 1.82) is 0 Å². The number of anilines is 2. The molecule has 4 N–H and O–H groups in total. The average Bonchev–Trinajstić information content (AvgIpc) is 2.72. The smallest absolute Gasteiger partial charge is 0.196 e. The van der Waals surface area contributed by atoms with Gasteiger partial charge in [0.05, 0.1) is 11.1 Å². The molecule has 0 amide bonds. The highest BCUT2D eigenvalue weighted by Gasteiger charge is 2.33. The number of hydrogen-bond donors (Lipinski definition) is 3. The molecule has 0 radical (unpaired) electrons. The van der Waals surface area contributed by atoms with E-state index in [1.165, 1.54) is 0 Å². The Bertz CT molecular complexity index is 903. The van der Waals surface area contributed by atoms with Crippen LogP contribution in [0.2, 0.25) is 0 Å². The fourth-order valence-corrected chi connectivity index (χ4v) is 3.63. The molecule has 31 heavy (non-hydrogen) atoms. The van der Waals surface area contributed by atoms with Crippen molar-refractivity contribution in [3.05, 3.63) is 58.7 Å². The third-order valence-electron chi connectivity index (χ3n) is 5.12. The van der Waals surface area contributed by atoms with Gasteiger partial charge in [0.25, 0.3) is 0 Å². The van der Waals surface area contributed by atoms with E-state index in [-0.39, 0.29) is 36.4 Å². The second-order valence-electron chi connectivity index (χ2n) is 7.62. The lowest BCUT2D eigenvalue weighted by molar-refractivity contribution is 0.0980. The van der Waals surface area contributed by atoms with Crippen LogP contribution < -0.4 is 16.4 Å². The van der Waals surface area contributed by atoms with Crippen LogP contribution in [0.3, 0.4) is 0 Å². The summed E-state index contributed by atoms with van der Waals surface area (Å²) < 4.78 is 0. The number of fused-ring (bicyclic) bond motifs is 2. The number of nitrogens with zero attached hydrogens (tertiary/aromatic N) is 1.